The van der Waals surface area contributed by atoms with E-state index in [0.717, 1.165) is 0 Å². The van der Waals surface area contributed by atoms with Crippen molar-refractivity contribution in [3.05, 3.63) is 11.5 Å². The molecular weight excluding hydrogens is 364 g/mol. The average Bonchev–Trinajstić information content (AvgIpc) is 2.54. The molecule has 1 unspecified atom stereocenters. The second-order valence-corrected chi connectivity index (χ2v) is 8.27. The Bertz CT molecular complexity index is 598. The highest BCUT2D eigenvalue weighted by Crippen LogP contribution is 2.24. The number of aliphatic hydroxyl groups excluding tert-OH is 1. The van der Waals surface area contributed by atoms with Gasteiger partial charge in [0.1, 0.15) is 11.4 Å². The van der Waals surface area contributed by atoms with Crippen molar-refractivity contribution in [1.82, 2.24) is 0 Å². The van der Waals surface area contributed by atoms with E-state index in [1.165, 1.54) is 6.92 Å². The molecule has 0 saturated carbocycles. The molecule has 0 rings (SSSR count). The molecule has 0 aliphatic heterocycles. The third-order valence-corrected chi connectivity index (χ3v) is 4.56. The van der Waals surface area contributed by atoms with Gasteiger partial charge >= 0.3 is 5.97 Å². The SMILES string of the molecule is CC(C)CC[C@H](CC(=O)CCC(C)C(=O)O)C(=O)C(C(=O)CC(C)C)=C(O)O. The van der Waals surface area contributed by atoms with E-state index in [2.05, 4.69) is 0 Å². The lowest BCUT2D eigenvalue weighted by molar-refractivity contribution is -0.141. The van der Waals surface area contributed by atoms with Crippen molar-refractivity contribution >= 4 is 23.3 Å². The average molecular weight is 398 g/mol. The first kappa shape index (κ1) is 25.8. The molecule has 160 valence electrons. The lowest BCUT2D eigenvalue weighted by Crippen LogP contribution is -2.27. The van der Waals surface area contributed by atoms with E-state index in [1.807, 2.05) is 13.8 Å². The Labute approximate surface area is 166 Å². The molecule has 0 saturated heterocycles. The zero-order chi connectivity index (χ0) is 22.0. The molecule has 3 N–H and O–H groups in total. The Hall–Kier alpha value is -2.18. The third kappa shape index (κ3) is 9.67. The van der Waals surface area contributed by atoms with Crippen LogP contribution in [-0.4, -0.2) is 38.6 Å². The monoisotopic (exact) mass is 398 g/mol. The van der Waals surface area contributed by atoms with Crippen molar-refractivity contribution in [1.29, 1.82) is 0 Å². The largest absolute Gasteiger partial charge is 0.481 e. The van der Waals surface area contributed by atoms with Crippen molar-refractivity contribution in [3.63, 3.8) is 0 Å². The maximum atomic E-state index is 12.9. The summed E-state index contributed by atoms with van der Waals surface area (Å²) < 4.78 is 0. The summed E-state index contributed by atoms with van der Waals surface area (Å²) in [6, 6.07) is 0. The summed E-state index contributed by atoms with van der Waals surface area (Å²) in [5.41, 5.74) is -0.644. The summed E-state index contributed by atoms with van der Waals surface area (Å²) in [5, 5.41) is 27.9. The number of hydrogen-bond donors (Lipinski definition) is 3. The number of rotatable bonds is 14. The normalized spacial score (nSPS) is 13.2. The van der Waals surface area contributed by atoms with Crippen LogP contribution in [0.5, 0.6) is 0 Å². The molecular formula is C21H34O7. The Morgan fingerprint density at radius 2 is 1.32 bits per heavy atom. The summed E-state index contributed by atoms with van der Waals surface area (Å²) in [5.74, 6) is -5.27. The Morgan fingerprint density at radius 1 is 0.750 bits per heavy atom. The number of hydrogen-bond acceptors (Lipinski definition) is 6. The van der Waals surface area contributed by atoms with Crippen molar-refractivity contribution < 1.29 is 34.5 Å². The van der Waals surface area contributed by atoms with Gasteiger partial charge in [-0.1, -0.05) is 41.0 Å². The van der Waals surface area contributed by atoms with E-state index < -0.39 is 40.9 Å². The Kier molecular flexibility index (Phi) is 11.4. The predicted molar refractivity (Wildman–Crippen MR) is 105 cm³/mol. The van der Waals surface area contributed by atoms with Crippen molar-refractivity contribution in [2.24, 2.45) is 23.7 Å². The minimum atomic E-state index is -1.31. The maximum absolute atomic E-state index is 12.9. The minimum absolute atomic E-state index is 0.00728. The van der Waals surface area contributed by atoms with Gasteiger partial charge in [0.2, 0.25) is 0 Å². The number of aliphatic carboxylic acids is 1. The smallest absolute Gasteiger partial charge is 0.306 e. The van der Waals surface area contributed by atoms with Crippen LogP contribution in [0.3, 0.4) is 0 Å². The van der Waals surface area contributed by atoms with Crippen LogP contribution in [0.15, 0.2) is 11.5 Å². The van der Waals surface area contributed by atoms with Crippen LogP contribution < -0.4 is 0 Å². The van der Waals surface area contributed by atoms with Gasteiger partial charge in [0.15, 0.2) is 11.6 Å². The van der Waals surface area contributed by atoms with Crippen molar-refractivity contribution in [2.45, 2.75) is 73.1 Å². The first-order chi connectivity index (χ1) is 12.9. The Morgan fingerprint density at radius 3 is 1.75 bits per heavy atom. The highest BCUT2D eigenvalue weighted by atomic mass is 16.5. The van der Waals surface area contributed by atoms with Crippen LogP contribution in [0.4, 0.5) is 0 Å². The first-order valence-corrected chi connectivity index (χ1v) is 9.80. The van der Waals surface area contributed by atoms with Crippen LogP contribution in [0.1, 0.15) is 73.1 Å². The van der Waals surface area contributed by atoms with E-state index in [4.69, 9.17) is 5.11 Å². The number of carbonyl (C=O) groups excluding carboxylic acids is 3. The standard InChI is InChI=1S/C21H34O7/c1-12(2)6-8-15(11-16(22)9-7-14(5)20(25)26)19(24)18(21(27)28)17(23)10-13(3)4/h12-15,27-28H,6-11H2,1-5H3,(H,25,26)/t14?,15-/m1/s1. The molecule has 0 amide bonds. The Balaban J connectivity index is 5.37. The van der Waals surface area contributed by atoms with Crippen LogP contribution in [-0.2, 0) is 19.2 Å². The van der Waals surface area contributed by atoms with Gasteiger partial charge in [-0.25, -0.2) is 0 Å². The van der Waals surface area contributed by atoms with E-state index >= 15 is 0 Å². The van der Waals surface area contributed by atoms with E-state index in [-0.39, 0.29) is 43.3 Å². The molecule has 0 fully saturated rings. The number of aliphatic hydroxyl groups is 2. The number of carboxylic acids is 1. The van der Waals surface area contributed by atoms with Crippen LogP contribution in [0, 0.1) is 23.7 Å². The van der Waals surface area contributed by atoms with Crippen molar-refractivity contribution in [3.8, 4) is 0 Å². The lowest BCUT2D eigenvalue weighted by Gasteiger charge is -2.18. The van der Waals surface area contributed by atoms with E-state index in [0.29, 0.717) is 12.8 Å². The van der Waals surface area contributed by atoms with E-state index in [9.17, 15) is 29.4 Å². The second-order valence-electron chi connectivity index (χ2n) is 8.27. The number of carbonyl (C=O) groups is 4. The zero-order valence-corrected chi connectivity index (χ0v) is 17.5. The highest BCUT2D eigenvalue weighted by Gasteiger charge is 2.32. The third-order valence-electron chi connectivity index (χ3n) is 4.56. The molecule has 7 nitrogen and oxygen atoms in total. The fraction of sp³-hybridized carbons (Fsp3) is 0.714. The molecule has 2 atom stereocenters. The van der Waals surface area contributed by atoms with Crippen LogP contribution in [0.25, 0.3) is 0 Å². The summed E-state index contributed by atoms with van der Waals surface area (Å²) in [6.07, 6.45) is 0.994. The summed E-state index contributed by atoms with van der Waals surface area (Å²) in [4.78, 5) is 48.3. The molecule has 0 heterocycles. The molecule has 0 spiro atoms. The zero-order valence-electron chi connectivity index (χ0n) is 17.5. The molecule has 0 radical (unpaired) electrons. The summed E-state index contributed by atoms with van der Waals surface area (Å²) in [7, 11) is 0. The van der Waals surface area contributed by atoms with E-state index in [1.54, 1.807) is 13.8 Å². The van der Waals surface area contributed by atoms with Gasteiger partial charge < -0.3 is 15.3 Å². The summed E-state index contributed by atoms with van der Waals surface area (Å²) >= 11 is 0. The number of Topliss-reactive ketones (excluding diaryl/α,β-unsaturated/α-hetero) is 3. The quantitative estimate of drug-likeness (QED) is 0.174. The predicted octanol–water partition coefficient (Wildman–Crippen LogP) is 4.01. The summed E-state index contributed by atoms with van der Waals surface area (Å²) in [6.45, 7) is 8.98. The topological polar surface area (TPSA) is 129 Å². The number of carboxylic acid groups (broad SMARTS) is 1. The second kappa shape index (κ2) is 12.3. The van der Waals surface area contributed by atoms with Gasteiger partial charge in [-0.15, -0.1) is 0 Å². The first-order valence-electron chi connectivity index (χ1n) is 9.80. The fourth-order valence-corrected chi connectivity index (χ4v) is 2.79. The van der Waals surface area contributed by atoms with Gasteiger partial charge in [0.05, 0.1) is 5.92 Å². The van der Waals surface area contributed by atoms with Gasteiger partial charge in [-0.05, 0) is 24.7 Å². The molecule has 0 aromatic carbocycles. The van der Waals surface area contributed by atoms with Crippen molar-refractivity contribution in [2.75, 3.05) is 0 Å². The van der Waals surface area contributed by atoms with Gasteiger partial charge in [0, 0.05) is 25.2 Å². The number of ketones is 3. The highest BCUT2D eigenvalue weighted by molar-refractivity contribution is 6.21. The minimum Gasteiger partial charge on any atom is -0.481 e. The molecule has 28 heavy (non-hydrogen) atoms. The van der Waals surface area contributed by atoms with Gasteiger partial charge in [-0.3, -0.25) is 19.2 Å². The molecule has 0 aromatic rings. The fourth-order valence-electron chi connectivity index (χ4n) is 2.79. The van der Waals surface area contributed by atoms with Gasteiger partial charge in [-0.2, -0.15) is 0 Å². The molecule has 7 heteroatoms. The van der Waals surface area contributed by atoms with Crippen LogP contribution in [0.2, 0.25) is 0 Å². The molecule has 0 bridgehead atoms. The molecule has 0 aliphatic rings. The van der Waals surface area contributed by atoms with Crippen LogP contribution >= 0.6 is 0 Å². The molecule has 0 aliphatic carbocycles. The number of allylic oxidation sites excluding steroid dienone is 1. The maximum Gasteiger partial charge on any atom is 0.306 e. The van der Waals surface area contributed by atoms with Gasteiger partial charge in [0.25, 0.3) is 5.95 Å². The lowest BCUT2D eigenvalue weighted by atomic mass is 9.84. The molecule has 0 aromatic heterocycles.